The molecule has 0 aromatic carbocycles. The Balaban J connectivity index is 1.69. The van der Waals surface area contributed by atoms with E-state index in [9.17, 15) is 4.79 Å². The van der Waals surface area contributed by atoms with Crippen LogP contribution in [0.4, 0.5) is 0 Å². The Bertz CT molecular complexity index is 168. The third-order valence-corrected chi connectivity index (χ3v) is 2.67. The molecule has 2 saturated carbocycles. The van der Waals surface area contributed by atoms with E-state index in [1.54, 1.807) is 0 Å². The van der Waals surface area contributed by atoms with Gasteiger partial charge in [0.2, 0.25) is 5.91 Å². The van der Waals surface area contributed by atoms with Crippen molar-refractivity contribution in [2.75, 3.05) is 0 Å². The zero-order valence-electron chi connectivity index (χ0n) is 6.97. The van der Waals surface area contributed by atoms with E-state index >= 15 is 0 Å². The SMILES string of the molecule is CC1CC(NC(=O)C2CC2)C1. The van der Waals surface area contributed by atoms with Crippen LogP contribution in [0.15, 0.2) is 0 Å². The lowest BCUT2D eigenvalue weighted by atomic mass is 9.82. The van der Waals surface area contributed by atoms with Gasteiger partial charge in [0.25, 0.3) is 0 Å². The van der Waals surface area contributed by atoms with E-state index in [2.05, 4.69) is 12.2 Å². The topological polar surface area (TPSA) is 29.1 Å². The van der Waals surface area contributed by atoms with Crippen molar-refractivity contribution in [1.82, 2.24) is 5.32 Å². The maximum Gasteiger partial charge on any atom is 0.223 e. The van der Waals surface area contributed by atoms with E-state index in [1.165, 1.54) is 12.8 Å². The number of carbonyl (C=O) groups is 1. The first-order valence-electron chi connectivity index (χ1n) is 4.56. The lowest BCUT2D eigenvalue weighted by molar-refractivity contribution is -0.123. The van der Waals surface area contributed by atoms with Crippen LogP contribution in [0.25, 0.3) is 0 Å². The van der Waals surface area contributed by atoms with Crippen LogP contribution in [0, 0.1) is 11.8 Å². The third kappa shape index (κ3) is 1.55. The van der Waals surface area contributed by atoms with Gasteiger partial charge in [0.05, 0.1) is 0 Å². The van der Waals surface area contributed by atoms with Crippen molar-refractivity contribution < 1.29 is 4.79 Å². The van der Waals surface area contributed by atoms with Crippen LogP contribution in [0.1, 0.15) is 32.6 Å². The second kappa shape index (κ2) is 2.50. The minimum atomic E-state index is 0.307. The molecule has 2 fully saturated rings. The molecule has 2 aliphatic carbocycles. The van der Waals surface area contributed by atoms with Crippen molar-refractivity contribution in [3.63, 3.8) is 0 Å². The van der Waals surface area contributed by atoms with Crippen molar-refractivity contribution in [2.24, 2.45) is 11.8 Å². The summed E-state index contributed by atoms with van der Waals surface area (Å²) in [6.45, 7) is 2.24. The molecule has 0 unspecified atom stereocenters. The molecular formula is C9H15NO. The monoisotopic (exact) mass is 153 g/mol. The fourth-order valence-electron chi connectivity index (χ4n) is 1.68. The fourth-order valence-corrected chi connectivity index (χ4v) is 1.68. The Morgan fingerprint density at radius 1 is 1.36 bits per heavy atom. The molecule has 0 aromatic rings. The van der Waals surface area contributed by atoms with Gasteiger partial charge in [0, 0.05) is 12.0 Å². The highest BCUT2D eigenvalue weighted by molar-refractivity contribution is 5.81. The summed E-state index contributed by atoms with van der Waals surface area (Å²) in [5.74, 6) is 1.52. The normalized spacial score (nSPS) is 36.1. The van der Waals surface area contributed by atoms with Crippen molar-refractivity contribution in [1.29, 1.82) is 0 Å². The lowest BCUT2D eigenvalue weighted by Gasteiger charge is -2.33. The van der Waals surface area contributed by atoms with Crippen LogP contribution in [0.3, 0.4) is 0 Å². The molecule has 2 rings (SSSR count). The predicted octanol–water partition coefficient (Wildman–Crippen LogP) is 1.31. The number of hydrogen-bond acceptors (Lipinski definition) is 1. The van der Waals surface area contributed by atoms with Crippen LogP contribution >= 0.6 is 0 Å². The molecule has 1 N–H and O–H groups in total. The minimum absolute atomic E-state index is 0.307. The fraction of sp³-hybridized carbons (Fsp3) is 0.889. The molecule has 2 heteroatoms. The van der Waals surface area contributed by atoms with Crippen LogP contribution in [-0.4, -0.2) is 11.9 Å². The number of nitrogens with one attached hydrogen (secondary N) is 1. The first-order chi connectivity index (χ1) is 5.25. The number of amides is 1. The Labute approximate surface area is 67.4 Å². The summed E-state index contributed by atoms with van der Waals surface area (Å²) in [5.41, 5.74) is 0. The van der Waals surface area contributed by atoms with Crippen molar-refractivity contribution in [3.05, 3.63) is 0 Å². The summed E-state index contributed by atoms with van der Waals surface area (Å²) in [7, 11) is 0. The summed E-state index contributed by atoms with van der Waals surface area (Å²) < 4.78 is 0. The van der Waals surface area contributed by atoms with Gasteiger partial charge in [-0.2, -0.15) is 0 Å². The highest BCUT2D eigenvalue weighted by Crippen LogP contribution is 2.31. The molecule has 2 aliphatic rings. The third-order valence-electron chi connectivity index (χ3n) is 2.67. The Hall–Kier alpha value is -0.530. The Morgan fingerprint density at radius 2 is 2.00 bits per heavy atom. The number of hydrogen-bond donors (Lipinski definition) is 1. The van der Waals surface area contributed by atoms with Crippen molar-refractivity contribution in [2.45, 2.75) is 38.6 Å². The summed E-state index contributed by atoms with van der Waals surface area (Å²) in [6, 6.07) is 0.512. The molecule has 0 spiro atoms. The quantitative estimate of drug-likeness (QED) is 0.636. The lowest BCUT2D eigenvalue weighted by Crippen LogP contribution is -2.44. The molecule has 2 nitrogen and oxygen atoms in total. The maximum absolute atomic E-state index is 11.2. The van der Waals surface area contributed by atoms with Crippen LogP contribution in [-0.2, 0) is 4.79 Å². The standard InChI is InChI=1S/C9H15NO/c1-6-4-8(5-6)10-9(11)7-2-3-7/h6-8H,2-5H2,1H3,(H,10,11). The van der Waals surface area contributed by atoms with E-state index in [1.807, 2.05) is 0 Å². The first-order valence-corrected chi connectivity index (χ1v) is 4.56. The second-order valence-corrected chi connectivity index (χ2v) is 4.06. The van der Waals surface area contributed by atoms with Gasteiger partial charge in [0.15, 0.2) is 0 Å². The van der Waals surface area contributed by atoms with Gasteiger partial charge in [0.1, 0.15) is 0 Å². The summed E-state index contributed by atoms with van der Waals surface area (Å²) in [6.07, 6.45) is 4.62. The van der Waals surface area contributed by atoms with E-state index in [0.29, 0.717) is 17.9 Å². The molecule has 0 bridgehead atoms. The number of rotatable bonds is 2. The zero-order valence-corrected chi connectivity index (χ0v) is 6.97. The zero-order chi connectivity index (χ0) is 7.84. The van der Waals surface area contributed by atoms with E-state index in [-0.39, 0.29) is 0 Å². The molecule has 0 aromatic heterocycles. The molecule has 0 heterocycles. The largest absolute Gasteiger partial charge is 0.353 e. The summed E-state index contributed by atoms with van der Waals surface area (Å²) in [4.78, 5) is 11.2. The number of carbonyl (C=O) groups excluding carboxylic acids is 1. The van der Waals surface area contributed by atoms with Gasteiger partial charge in [-0.15, -0.1) is 0 Å². The van der Waals surface area contributed by atoms with E-state index in [4.69, 9.17) is 0 Å². The van der Waals surface area contributed by atoms with E-state index in [0.717, 1.165) is 18.8 Å². The average molecular weight is 153 g/mol. The van der Waals surface area contributed by atoms with Crippen LogP contribution < -0.4 is 5.32 Å². The van der Waals surface area contributed by atoms with Crippen molar-refractivity contribution in [3.8, 4) is 0 Å². The van der Waals surface area contributed by atoms with Gasteiger partial charge >= 0.3 is 0 Å². The highest BCUT2D eigenvalue weighted by atomic mass is 16.2. The summed E-state index contributed by atoms with van der Waals surface area (Å²) in [5, 5.41) is 3.07. The molecule has 0 saturated heterocycles. The van der Waals surface area contributed by atoms with Gasteiger partial charge in [-0.1, -0.05) is 6.92 Å². The predicted molar refractivity (Wildman–Crippen MR) is 43.1 cm³/mol. The Morgan fingerprint density at radius 3 is 2.45 bits per heavy atom. The molecular weight excluding hydrogens is 138 g/mol. The smallest absolute Gasteiger partial charge is 0.223 e. The molecule has 62 valence electrons. The minimum Gasteiger partial charge on any atom is -0.353 e. The average Bonchev–Trinajstić information content (AvgIpc) is 2.64. The molecule has 0 radical (unpaired) electrons. The molecule has 1 amide bonds. The molecule has 11 heavy (non-hydrogen) atoms. The van der Waals surface area contributed by atoms with E-state index < -0.39 is 0 Å². The first kappa shape index (κ1) is 7.14. The van der Waals surface area contributed by atoms with Gasteiger partial charge in [-0.05, 0) is 31.6 Å². The van der Waals surface area contributed by atoms with Crippen molar-refractivity contribution >= 4 is 5.91 Å². The van der Waals surface area contributed by atoms with Crippen LogP contribution in [0.5, 0.6) is 0 Å². The van der Waals surface area contributed by atoms with Gasteiger partial charge < -0.3 is 5.32 Å². The Kier molecular flexibility index (Phi) is 1.63. The van der Waals surface area contributed by atoms with Crippen LogP contribution in [0.2, 0.25) is 0 Å². The van der Waals surface area contributed by atoms with Gasteiger partial charge in [-0.25, -0.2) is 0 Å². The molecule has 0 aliphatic heterocycles. The summed E-state index contributed by atoms with van der Waals surface area (Å²) >= 11 is 0. The second-order valence-electron chi connectivity index (χ2n) is 4.06. The molecule has 0 atom stereocenters. The maximum atomic E-state index is 11.2. The highest BCUT2D eigenvalue weighted by Gasteiger charge is 2.33. The van der Waals surface area contributed by atoms with Gasteiger partial charge in [-0.3, -0.25) is 4.79 Å².